The Morgan fingerprint density at radius 2 is 1.79 bits per heavy atom. The number of Topliss-reactive ketones (excluding diaryl/α,β-unsaturated/α-hetero) is 1. The van der Waals surface area contributed by atoms with Crippen molar-refractivity contribution in [2.45, 2.75) is 44.4 Å². The number of hydrogen-bond acceptors (Lipinski definition) is 4. The van der Waals surface area contributed by atoms with E-state index in [0.717, 1.165) is 11.8 Å². The van der Waals surface area contributed by atoms with E-state index in [4.69, 9.17) is 0 Å². The number of hydrogen-bond donors (Lipinski definition) is 0. The minimum atomic E-state index is -3.79. The lowest BCUT2D eigenvalue weighted by Crippen LogP contribution is -2.33. The van der Waals surface area contributed by atoms with E-state index in [0.29, 0.717) is 36.9 Å². The third-order valence-electron chi connectivity index (χ3n) is 5.49. The first-order valence-electron chi connectivity index (χ1n) is 9.46. The van der Waals surface area contributed by atoms with Crippen LogP contribution in [0.3, 0.4) is 0 Å². The maximum atomic E-state index is 13.4. The van der Waals surface area contributed by atoms with Crippen LogP contribution in [0.5, 0.6) is 0 Å². The minimum Gasteiger partial charge on any atom is -0.303 e. The second-order valence-corrected chi connectivity index (χ2v) is 9.47. The predicted molar refractivity (Wildman–Crippen MR) is 109 cm³/mol. The SMILES string of the molecule is Cc1ccc(S(=O)(=O)N2CCC(C)(CCCC=O)C(=O)c3ccccc32)cc1. The van der Waals surface area contributed by atoms with E-state index in [2.05, 4.69) is 0 Å². The van der Waals surface area contributed by atoms with Gasteiger partial charge in [0, 0.05) is 23.9 Å². The van der Waals surface area contributed by atoms with Crippen LogP contribution >= 0.6 is 0 Å². The van der Waals surface area contributed by atoms with Gasteiger partial charge in [0.15, 0.2) is 5.78 Å². The first-order chi connectivity index (χ1) is 13.3. The molecule has 0 fully saturated rings. The molecule has 2 aromatic carbocycles. The zero-order valence-corrected chi connectivity index (χ0v) is 17.0. The molecule has 148 valence electrons. The molecule has 0 saturated heterocycles. The Morgan fingerprint density at radius 3 is 2.46 bits per heavy atom. The van der Waals surface area contributed by atoms with Crippen LogP contribution in [-0.4, -0.2) is 27.0 Å². The average Bonchev–Trinajstić information content (AvgIpc) is 2.78. The zero-order chi connectivity index (χ0) is 20.4. The number of aldehydes is 1. The van der Waals surface area contributed by atoms with Crippen LogP contribution in [-0.2, 0) is 14.8 Å². The molecule has 1 heterocycles. The second kappa shape index (κ2) is 7.87. The van der Waals surface area contributed by atoms with E-state index < -0.39 is 15.4 Å². The van der Waals surface area contributed by atoms with Gasteiger partial charge in [-0.3, -0.25) is 9.10 Å². The Balaban J connectivity index is 2.05. The summed E-state index contributed by atoms with van der Waals surface area (Å²) in [6, 6.07) is 13.6. The van der Waals surface area contributed by atoms with Gasteiger partial charge in [-0.15, -0.1) is 0 Å². The molecule has 0 aromatic heterocycles. The molecule has 5 nitrogen and oxygen atoms in total. The van der Waals surface area contributed by atoms with Gasteiger partial charge in [-0.2, -0.15) is 0 Å². The summed E-state index contributed by atoms with van der Waals surface area (Å²) in [6.45, 7) is 4.00. The summed E-state index contributed by atoms with van der Waals surface area (Å²) < 4.78 is 28.1. The molecule has 6 heteroatoms. The zero-order valence-electron chi connectivity index (χ0n) is 16.2. The van der Waals surface area contributed by atoms with Gasteiger partial charge < -0.3 is 4.79 Å². The van der Waals surface area contributed by atoms with E-state index in [1.165, 1.54) is 4.31 Å². The van der Waals surface area contributed by atoms with E-state index >= 15 is 0 Å². The highest BCUT2D eigenvalue weighted by Gasteiger charge is 2.41. The third-order valence-corrected chi connectivity index (χ3v) is 7.32. The number of carbonyl (C=O) groups is 2. The molecule has 0 saturated carbocycles. The molecule has 1 aliphatic rings. The molecule has 1 atom stereocenters. The van der Waals surface area contributed by atoms with Gasteiger partial charge in [0.05, 0.1) is 10.6 Å². The molecule has 0 radical (unpaired) electrons. The number of rotatable bonds is 6. The van der Waals surface area contributed by atoms with Crippen LogP contribution in [0, 0.1) is 12.3 Å². The molecule has 28 heavy (non-hydrogen) atoms. The number of fused-ring (bicyclic) bond motifs is 1. The molecule has 0 spiro atoms. The van der Waals surface area contributed by atoms with Gasteiger partial charge in [0.2, 0.25) is 0 Å². The van der Waals surface area contributed by atoms with E-state index in [-0.39, 0.29) is 17.2 Å². The molecular weight excluding hydrogens is 374 g/mol. The van der Waals surface area contributed by atoms with E-state index in [9.17, 15) is 18.0 Å². The highest BCUT2D eigenvalue weighted by molar-refractivity contribution is 7.92. The van der Waals surface area contributed by atoms with Crippen molar-refractivity contribution in [2.75, 3.05) is 10.8 Å². The number of nitrogens with zero attached hydrogens (tertiary/aromatic N) is 1. The summed E-state index contributed by atoms with van der Waals surface area (Å²) >= 11 is 0. The highest BCUT2D eigenvalue weighted by atomic mass is 32.2. The van der Waals surface area contributed by atoms with Gasteiger partial charge in [0.25, 0.3) is 10.0 Å². The summed E-state index contributed by atoms with van der Waals surface area (Å²) in [4.78, 5) is 24.2. The van der Waals surface area contributed by atoms with Crippen molar-refractivity contribution in [3.05, 3.63) is 59.7 Å². The Kier molecular flexibility index (Phi) is 5.70. The molecule has 1 unspecified atom stereocenters. The number of para-hydroxylation sites is 1. The predicted octanol–water partition coefficient (Wildman–Crippen LogP) is 4.15. The number of carbonyl (C=O) groups excluding carboxylic acids is 2. The Hall–Kier alpha value is -2.47. The van der Waals surface area contributed by atoms with Gasteiger partial charge in [-0.25, -0.2) is 8.42 Å². The van der Waals surface area contributed by atoms with Crippen LogP contribution < -0.4 is 4.31 Å². The standard InChI is InChI=1S/C22H25NO4S/c1-17-9-11-18(12-10-17)28(26,27)23-15-14-22(2,13-5-6-16-24)21(25)19-7-3-4-8-20(19)23/h3-4,7-12,16H,5-6,13-15H2,1-2H3. The molecule has 3 rings (SSSR count). The average molecular weight is 400 g/mol. The van der Waals surface area contributed by atoms with Crippen molar-refractivity contribution >= 4 is 27.8 Å². The quantitative estimate of drug-likeness (QED) is 0.540. The molecule has 1 aliphatic heterocycles. The fourth-order valence-corrected chi connectivity index (χ4v) is 5.18. The van der Waals surface area contributed by atoms with Gasteiger partial charge >= 0.3 is 0 Å². The van der Waals surface area contributed by atoms with Crippen molar-refractivity contribution < 1.29 is 18.0 Å². The molecule has 0 aliphatic carbocycles. The topological polar surface area (TPSA) is 71.5 Å². The van der Waals surface area contributed by atoms with Crippen LogP contribution in [0.2, 0.25) is 0 Å². The van der Waals surface area contributed by atoms with Crippen molar-refractivity contribution in [3.63, 3.8) is 0 Å². The lowest BCUT2D eigenvalue weighted by atomic mass is 9.76. The first-order valence-corrected chi connectivity index (χ1v) is 10.9. The minimum absolute atomic E-state index is 0.0596. The Bertz CT molecular complexity index is 982. The van der Waals surface area contributed by atoms with Crippen molar-refractivity contribution in [3.8, 4) is 0 Å². The van der Waals surface area contributed by atoms with Crippen molar-refractivity contribution in [2.24, 2.45) is 5.41 Å². The number of sulfonamides is 1. The normalized spacial score (nSPS) is 19.8. The maximum Gasteiger partial charge on any atom is 0.264 e. The van der Waals surface area contributed by atoms with Gasteiger partial charge in [0.1, 0.15) is 6.29 Å². The Morgan fingerprint density at radius 1 is 1.11 bits per heavy atom. The molecule has 2 aromatic rings. The number of unbranched alkanes of at least 4 members (excludes halogenated alkanes) is 1. The number of aryl methyl sites for hydroxylation is 1. The molecular formula is C22H25NO4S. The summed E-state index contributed by atoms with van der Waals surface area (Å²) in [5.74, 6) is -0.0596. The lowest BCUT2D eigenvalue weighted by molar-refractivity contribution is -0.108. The van der Waals surface area contributed by atoms with E-state index in [1.54, 1.807) is 48.5 Å². The third kappa shape index (κ3) is 3.74. The fourth-order valence-electron chi connectivity index (χ4n) is 3.69. The smallest absolute Gasteiger partial charge is 0.264 e. The summed E-state index contributed by atoms with van der Waals surface area (Å²) in [5, 5.41) is 0. The summed E-state index contributed by atoms with van der Waals surface area (Å²) in [5.41, 5.74) is 1.13. The van der Waals surface area contributed by atoms with Crippen LogP contribution in [0.15, 0.2) is 53.4 Å². The van der Waals surface area contributed by atoms with Crippen molar-refractivity contribution in [1.29, 1.82) is 0 Å². The first kappa shape index (κ1) is 20.3. The molecule has 0 amide bonds. The molecule has 0 N–H and O–H groups in total. The van der Waals surface area contributed by atoms with Crippen LogP contribution in [0.4, 0.5) is 5.69 Å². The lowest BCUT2D eigenvalue weighted by Gasteiger charge is -2.27. The van der Waals surface area contributed by atoms with Crippen molar-refractivity contribution in [1.82, 2.24) is 0 Å². The van der Waals surface area contributed by atoms with Gasteiger partial charge in [-0.1, -0.05) is 36.8 Å². The number of benzene rings is 2. The Labute approximate surface area is 166 Å². The summed E-state index contributed by atoms with van der Waals surface area (Å²) in [7, 11) is -3.79. The summed E-state index contributed by atoms with van der Waals surface area (Å²) in [6.07, 6.45) is 2.82. The monoisotopic (exact) mass is 399 g/mol. The highest BCUT2D eigenvalue weighted by Crippen LogP contribution is 2.41. The fraction of sp³-hybridized carbons (Fsp3) is 0.364. The van der Waals surface area contributed by atoms with E-state index in [1.807, 2.05) is 13.8 Å². The molecule has 0 bridgehead atoms. The number of ketones is 1. The largest absolute Gasteiger partial charge is 0.303 e. The number of anilines is 1. The second-order valence-electron chi connectivity index (χ2n) is 7.61. The van der Waals surface area contributed by atoms with Crippen LogP contribution in [0.1, 0.15) is 48.5 Å². The van der Waals surface area contributed by atoms with Crippen LogP contribution in [0.25, 0.3) is 0 Å². The maximum absolute atomic E-state index is 13.4. The van der Waals surface area contributed by atoms with Gasteiger partial charge in [-0.05, 0) is 50.5 Å².